The molecule has 10 heteroatoms. The number of hydrogen-bond donors (Lipinski definition) is 3. The molecule has 1 fully saturated rings. The summed E-state index contributed by atoms with van der Waals surface area (Å²) in [5, 5.41) is 8.90. The molecule has 0 radical (unpaired) electrons. The third-order valence-corrected chi connectivity index (χ3v) is 6.67. The SMILES string of the molecule is CCNC(=O)c1cc2c(Oc3ccc(NC(=O)C4(C(=O)Nc5ccc(F)cc5)CC4)cc3)ccnc2cc1OC. The van der Waals surface area contributed by atoms with E-state index in [9.17, 15) is 18.8 Å². The molecule has 1 aromatic heterocycles. The largest absolute Gasteiger partial charge is 0.496 e. The van der Waals surface area contributed by atoms with Crippen molar-refractivity contribution in [1.82, 2.24) is 10.3 Å². The van der Waals surface area contributed by atoms with Gasteiger partial charge in [-0.2, -0.15) is 0 Å². The van der Waals surface area contributed by atoms with E-state index in [1.54, 1.807) is 48.7 Å². The minimum atomic E-state index is -1.16. The highest BCUT2D eigenvalue weighted by Crippen LogP contribution is 2.47. The van der Waals surface area contributed by atoms with Crippen LogP contribution in [0.2, 0.25) is 0 Å². The molecule has 1 aliphatic rings. The van der Waals surface area contributed by atoms with Gasteiger partial charge in [0.1, 0.15) is 28.5 Å². The number of aromatic nitrogens is 1. The molecular weight excluding hydrogens is 515 g/mol. The van der Waals surface area contributed by atoms with Crippen LogP contribution in [-0.2, 0) is 9.59 Å². The van der Waals surface area contributed by atoms with Gasteiger partial charge in [-0.25, -0.2) is 4.39 Å². The minimum absolute atomic E-state index is 0.268. The van der Waals surface area contributed by atoms with Crippen molar-refractivity contribution in [2.45, 2.75) is 19.8 Å². The quantitative estimate of drug-likeness (QED) is 0.248. The number of nitrogens with zero attached hydrogens (tertiary/aromatic N) is 1. The second kappa shape index (κ2) is 11.0. The molecule has 1 heterocycles. The standard InChI is InChI=1S/C30H27FN4O5/c1-3-32-27(36)23-16-22-24(17-26(23)39-2)33-15-12-25(22)40-21-10-8-20(9-11-21)35-29(38)30(13-14-30)28(37)34-19-6-4-18(31)5-7-19/h4-12,15-17H,3,13-14H2,1-2H3,(H,32,36)(H,34,37)(H,35,38). The molecule has 5 rings (SSSR count). The molecule has 1 saturated carbocycles. The fourth-order valence-corrected chi connectivity index (χ4v) is 4.29. The molecule has 40 heavy (non-hydrogen) atoms. The molecule has 0 spiro atoms. The number of fused-ring (bicyclic) bond motifs is 1. The smallest absolute Gasteiger partial charge is 0.255 e. The normalized spacial score (nSPS) is 13.3. The number of rotatable bonds is 9. The van der Waals surface area contributed by atoms with E-state index >= 15 is 0 Å². The van der Waals surface area contributed by atoms with E-state index in [2.05, 4.69) is 20.9 Å². The number of pyridine rings is 1. The van der Waals surface area contributed by atoms with Crippen LogP contribution in [0.5, 0.6) is 17.2 Å². The topological polar surface area (TPSA) is 119 Å². The number of carbonyl (C=O) groups is 3. The van der Waals surface area contributed by atoms with E-state index in [4.69, 9.17) is 9.47 Å². The number of halogens is 1. The summed E-state index contributed by atoms with van der Waals surface area (Å²) in [7, 11) is 1.49. The monoisotopic (exact) mass is 542 g/mol. The average molecular weight is 543 g/mol. The van der Waals surface area contributed by atoms with Crippen LogP contribution < -0.4 is 25.4 Å². The molecule has 1 aliphatic carbocycles. The van der Waals surface area contributed by atoms with Gasteiger partial charge in [0, 0.05) is 35.6 Å². The Morgan fingerprint density at radius 3 is 2.10 bits per heavy atom. The van der Waals surface area contributed by atoms with Gasteiger partial charge in [-0.15, -0.1) is 0 Å². The Morgan fingerprint density at radius 2 is 1.52 bits per heavy atom. The first-order chi connectivity index (χ1) is 19.3. The van der Waals surface area contributed by atoms with E-state index in [0.717, 1.165) is 0 Å². The molecule has 0 saturated heterocycles. The van der Waals surface area contributed by atoms with Crippen LogP contribution >= 0.6 is 0 Å². The van der Waals surface area contributed by atoms with Gasteiger partial charge in [0.15, 0.2) is 0 Å². The predicted molar refractivity (Wildman–Crippen MR) is 148 cm³/mol. The Kier molecular flexibility index (Phi) is 7.33. The maximum absolute atomic E-state index is 13.2. The lowest BCUT2D eigenvalue weighted by molar-refractivity contribution is -0.131. The average Bonchev–Trinajstić information content (AvgIpc) is 3.77. The Bertz CT molecular complexity index is 1580. The number of ether oxygens (including phenoxy) is 2. The zero-order chi connectivity index (χ0) is 28.3. The van der Waals surface area contributed by atoms with E-state index < -0.39 is 23.0 Å². The Morgan fingerprint density at radius 1 is 0.900 bits per heavy atom. The molecule has 4 aromatic rings. The van der Waals surface area contributed by atoms with Crippen molar-refractivity contribution >= 4 is 40.0 Å². The second-order valence-corrected chi connectivity index (χ2v) is 9.36. The summed E-state index contributed by atoms with van der Waals surface area (Å²) in [6.07, 6.45) is 2.44. The van der Waals surface area contributed by atoms with Gasteiger partial charge in [-0.1, -0.05) is 0 Å². The number of anilines is 2. The first kappa shape index (κ1) is 26.6. The first-order valence-electron chi connectivity index (χ1n) is 12.7. The van der Waals surface area contributed by atoms with Gasteiger partial charge < -0.3 is 25.4 Å². The van der Waals surface area contributed by atoms with E-state index in [1.165, 1.54) is 31.4 Å². The summed E-state index contributed by atoms with van der Waals surface area (Å²) in [6, 6.07) is 17.2. The number of hydrogen-bond acceptors (Lipinski definition) is 6. The molecule has 3 amide bonds. The number of amides is 3. The summed E-state index contributed by atoms with van der Waals surface area (Å²) >= 11 is 0. The highest BCUT2D eigenvalue weighted by molar-refractivity contribution is 6.17. The van der Waals surface area contributed by atoms with Crippen LogP contribution in [0.15, 0.2) is 72.9 Å². The highest BCUT2D eigenvalue weighted by atomic mass is 19.1. The Hall–Kier alpha value is -4.99. The van der Waals surface area contributed by atoms with E-state index in [0.29, 0.717) is 64.5 Å². The van der Waals surface area contributed by atoms with Crippen LogP contribution in [0, 0.1) is 11.2 Å². The lowest BCUT2D eigenvalue weighted by Crippen LogP contribution is -2.35. The predicted octanol–water partition coefficient (Wildman–Crippen LogP) is 5.28. The molecule has 0 bridgehead atoms. The van der Waals surface area contributed by atoms with Crippen molar-refractivity contribution < 1.29 is 28.2 Å². The third kappa shape index (κ3) is 5.42. The number of benzene rings is 3. The second-order valence-electron chi connectivity index (χ2n) is 9.36. The van der Waals surface area contributed by atoms with Crippen LogP contribution in [0.1, 0.15) is 30.1 Å². The van der Waals surface area contributed by atoms with Crippen LogP contribution in [-0.4, -0.2) is 36.4 Å². The van der Waals surface area contributed by atoms with E-state index in [-0.39, 0.29) is 5.91 Å². The molecule has 9 nitrogen and oxygen atoms in total. The molecular formula is C30H27FN4O5. The van der Waals surface area contributed by atoms with Crippen LogP contribution in [0.25, 0.3) is 10.9 Å². The van der Waals surface area contributed by atoms with Crippen molar-refractivity contribution in [2.24, 2.45) is 5.41 Å². The summed E-state index contributed by atoms with van der Waals surface area (Å²) in [5.74, 6) is -0.123. The molecule has 0 unspecified atom stereocenters. The lowest BCUT2D eigenvalue weighted by atomic mass is 10.0. The van der Waals surface area contributed by atoms with Crippen LogP contribution in [0.4, 0.5) is 15.8 Å². The van der Waals surface area contributed by atoms with Crippen molar-refractivity contribution in [3.63, 3.8) is 0 Å². The van der Waals surface area contributed by atoms with Crippen molar-refractivity contribution in [3.05, 3.63) is 84.3 Å². The number of nitrogens with one attached hydrogen (secondary N) is 3. The maximum atomic E-state index is 13.2. The number of carbonyl (C=O) groups excluding carboxylic acids is 3. The fourth-order valence-electron chi connectivity index (χ4n) is 4.29. The summed E-state index contributed by atoms with van der Waals surface area (Å²) in [6.45, 7) is 2.31. The summed E-state index contributed by atoms with van der Waals surface area (Å²) < 4.78 is 24.6. The number of methoxy groups -OCH3 is 1. The van der Waals surface area contributed by atoms with Gasteiger partial charge in [-0.05, 0) is 80.4 Å². The molecule has 204 valence electrons. The van der Waals surface area contributed by atoms with Gasteiger partial charge in [-0.3, -0.25) is 19.4 Å². The minimum Gasteiger partial charge on any atom is -0.496 e. The van der Waals surface area contributed by atoms with Gasteiger partial charge in [0.05, 0.1) is 18.2 Å². The summed E-state index contributed by atoms with van der Waals surface area (Å²) in [4.78, 5) is 42.7. The zero-order valence-corrected chi connectivity index (χ0v) is 21.9. The molecule has 0 aliphatic heterocycles. The Labute approximate surface area is 229 Å². The molecule has 3 N–H and O–H groups in total. The maximum Gasteiger partial charge on any atom is 0.255 e. The third-order valence-electron chi connectivity index (χ3n) is 6.67. The Balaban J connectivity index is 1.29. The highest BCUT2D eigenvalue weighted by Gasteiger charge is 2.56. The first-order valence-corrected chi connectivity index (χ1v) is 12.7. The lowest BCUT2D eigenvalue weighted by Gasteiger charge is -2.16. The molecule has 0 atom stereocenters. The fraction of sp³-hybridized carbons (Fsp3) is 0.200. The van der Waals surface area contributed by atoms with Crippen molar-refractivity contribution in [3.8, 4) is 17.2 Å². The van der Waals surface area contributed by atoms with E-state index in [1.807, 2.05) is 6.92 Å². The van der Waals surface area contributed by atoms with Crippen molar-refractivity contribution in [2.75, 3.05) is 24.3 Å². The van der Waals surface area contributed by atoms with Gasteiger partial charge in [0.25, 0.3) is 5.91 Å². The molecule has 3 aromatic carbocycles. The van der Waals surface area contributed by atoms with Gasteiger partial charge in [0.2, 0.25) is 11.8 Å². The van der Waals surface area contributed by atoms with Crippen LogP contribution in [0.3, 0.4) is 0 Å². The van der Waals surface area contributed by atoms with Gasteiger partial charge >= 0.3 is 0 Å². The zero-order valence-electron chi connectivity index (χ0n) is 21.9. The summed E-state index contributed by atoms with van der Waals surface area (Å²) in [5.41, 5.74) is 0.723. The van der Waals surface area contributed by atoms with Crippen molar-refractivity contribution in [1.29, 1.82) is 0 Å².